The van der Waals surface area contributed by atoms with Crippen LogP contribution in [0, 0.1) is 0 Å². The molecule has 0 rings (SSSR count). The van der Waals surface area contributed by atoms with E-state index in [-0.39, 0.29) is 10.0 Å². The minimum absolute atomic E-state index is 0.297. The van der Waals surface area contributed by atoms with E-state index in [0.29, 0.717) is 0 Å². The Kier molecular flexibility index (Phi) is 6.88. The lowest BCUT2D eigenvalue weighted by molar-refractivity contribution is 0.291. The van der Waals surface area contributed by atoms with Crippen molar-refractivity contribution in [3.63, 3.8) is 0 Å². The van der Waals surface area contributed by atoms with Gasteiger partial charge in [-0.25, -0.2) is 10.0 Å². The molecule has 0 atom stereocenters. The highest BCUT2D eigenvalue weighted by Gasteiger charge is 2.07. The van der Waals surface area contributed by atoms with Gasteiger partial charge < -0.3 is 4.90 Å². The molecule has 0 bridgehead atoms. The molecule has 0 saturated carbocycles. The third-order valence-electron chi connectivity index (χ3n) is 2.10. The first-order valence-corrected chi connectivity index (χ1v) is 8.40. The fourth-order valence-corrected chi connectivity index (χ4v) is 2.18. The Bertz CT molecular complexity index is 112. The fraction of sp³-hybridized carbons (Fsp3) is 1.00. The standard InChI is InChI=1S/C11H27NS/c1-6-8-12(9-7-2)10-11-13(3,4)5/h6-11H2,1-5H3. The summed E-state index contributed by atoms with van der Waals surface area (Å²) in [6.45, 7) is 8.41. The minimum Gasteiger partial charge on any atom is -0.303 e. The summed E-state index contributed by atoms with van der Waals surface area (Å²) < 4.78 is 0. The molecule has 0 aliphatic heterocycles. The summed E-state index contributed by atoms with van der Waals surface area (Å²) >= 11 is 0. The lowest BCUT2D eigenvalue weighted by atomic mass is 10.3. The van der Waals surface area contributed by atoms with E-state index in [1.54, 1.807) is 0 Å². The lowest BCUT2D eigenvalue weighted by Gasteiger charge is -2.29. The molecule has 0 aromatic carbocycles. The highest BCUT2D eigenvalue weighted by atomic mass is 32.3. The van der Waals surface area contributed by atoms with Crippen molar-refractivity contribution >= 4 is 10.0 Å². The van der Waals surface area contributed by atoms with Crippen molar-refractivity contribution in [2.45, 2.75) is 26.7 Å². The molecule has 0 aromatic rings. The second kappa shape index (κ2) is 6.72. The molecular weight excluding hydrogens is 178 g/mol. The molecule has 2 heteroatoms. The Morgan fingerprint density at radius 2 is 1.31 bits per heavy atom. The summed E-state index contributed by atoms with van der Waals surface area (Å²) in [5, 5.41) is 0. The van der Waals surface area contributed by atoms with Gasteiger partial charge in [-0.15, -0.1) is 0 Å². The number of hydrogen-bond donors (Lipinski definition) is 0. The topological polar surface area (TPSA) is 3.24 Å². The van der Waals surface area contributed by atoms with Gasteiger partial charge in [-0.2, -0.15) is 0 Å². The van der Waals surface area contributed by atoms with Crippen LogP contribution in [0.5, 0.6) is 0 Å². The summed E-state index contributed by atoms with van der Waals surface area (Å²) in [6.07, 6.45) is 9.80. The molecule has 0 fully saturated rings. The van der Waals surface area contributed by atoms with Crippen LogP contribution in [0.4, 0.5) is 0 Å². The van der Waals surface area contributed by atoms with Crippen molar-refractivity contribution in [2.75, 3.05) is 44.2 Å². The van der Waals surface area contributed by atoms with Gasteiger partial charge in [0.2, 0.25) is 0 Å². The zero-order valence-corrected chi connectivity index (χ0v) is 10.9. The zero-order valence-electron chi connectivity index (χ0n) is 10.1. The van der Waals surface area contributed by atoms with Crippen LogP contribution in [0.1, 0.15) is 26.7 Å². The molecule has 0 unspecified atom stereocenters. The van der Waals surface area contributed by atoms with Crippen LogP contribution >= 0.6 is 10.0 Å². The quantitative estimate of drug-likeness (QED) is 0.618. The van der Waals surface area contributed by atoms with Gasteiger partial charge in [-0.05, 0) is 50.5 Å². The summed E-state index contributed by atoms with van der Waals surface area (Å²) in [5.74, 6) is 1.40. The molecule has 0 aliphatic rings. The van der Waals surface area contributed by atoms with Crippen molar-refractivity contribution in [3.05, 3.63) is 0 Å². The van der Waals surface area contributed by atoms with E-state index in [4.69, 9.17) is 0 Å². The van der Waals surface area contributed by atoms with Gasteiger partial charge >= 0.3 is 0 Å². The SMILES string of the molecule is CCCN(CCC)CCS(C)(C)C. The average molecular weight is 205 g/mol. The molecule has 0 aliphatic carbocycles. The van der Waals surface area contributed by atoms with Crippen molar-refractivity contribution < 1.29 is 0 Å². The normalized spacial score (nSPS) is 13.7. The van der Waals surface area contributed by atoms with Gasteiger partial charge in [0.05, 0.1) is 0 Å². The Morgan fingerprint density at radius 3 is 1.62 bits per heavy atom. The first-order chi connectivity index (χ1) is 5.99. The van der Waals surface area contributed by atoms with Crippen LogP contribution in [0.25, 0.3) is 0 Å². The maximum Gasteiger partial charge on any atom is 0.00574 e. The Balaban J connectivity index is 3.68. The van der Waals surface area contributed by atoms with Crippen molar-refractivity contribution in [3.8, 4) is 0 Å². The molecule has 1 nitrogen and oxygen atoms in total. The lowest BCUT2D eigenvalue weighted by Crippen LogP contribution is -2.29. The average Bonchev–Trinajstić information content (AvgIpc) is 2.00. The smallest absolute Gasteiger partial charge is 0.00574 e. The van der Waals surface area contributed by atoms with E-state index in [1.807, 2.05) is 0 Å². The number of rotatable bonds is 7. The van der Waals surface area contributed by atoms with Crippen LogP contribution in [0.3, 0.4) is 0 Å². The second-order valence-electron chi connectivity index (χ2n) is 4.64. The summed E-state index contributed by atoms with van der Waals surface area (Å²) in [7, 11) is -0.297. The molecule has 0 spiro atoms. The first-order valence-electron chi connectivity index (χ1n) is 5.38. The van der Waals surface area contributed by atoms with E-state index in [2.05, 4.69) is 37.5 Å². The van der Waals surface area contributed by atoms with E-state index in [0.717, 1.165) is 0 Å². The number of hydrogen-bond acceptors (Lipinski definition) is 1. The summed E-state index contributed by atoms with van der Waals surface area (Å²) in [5.41, 5.74) is 0. The molecule has 0 N–H and O–H groups in total. The largest absolute Gasteiger partial charge is 0.303 e. The minimum atomic E-state index is -0.297. The highest BCUT2D eigenvalue weighted by Crippen LogP contribution is 2.33. The third-order valence-corrected chi connectivity index (χ3v) is 3.51. The van der Waals surface area contributed by atoms with Gasteiger partial charge in [0.1, 0.15) is 0 Å². The molecule has 0 heterocycles. The van der Waals surface area contributed by atoms with Crippen LogP contribution in [0.2, 0.25) is 0 Å². The molecule has 0 aromatic heterocycles. The summed E-state index contributed by atoms with van der Waals surface area (Å²) in [4.78, 5) is 2.61. The Hall–Kier alpha value is 0.310. The van der Waals surface area contributed by atoms with E-state index < -0.39 is 0 Å². The van der Waals surface area contributed by atoms with Crippen LogP contribution in [-0.4, -0.2) is 49.1 Å². The van der Waals surface area contributed by atoms with Crippen molar-refractivity contribution in [1.29, 1.82) is 0 Å². The fourth-order valence-electron chi connectivity index (χ4n) is 1.37. The van der Waals surface area contributed by atoms with Crippen LogP contribution in [-0.2, 0) is 0 Å². The number of nitrogens with zero attached hydrogens (tertiary/aromatic N) is 1. The van der Waals surface area contributed by atoms with Crippen molar-refractivity contribution in [1.82, 2.24) is 4.90 Å². The highest BCUT2D eigenvalue weighted by molar-refractivity contribution is 8.32. The van der Waals surface area contributed by atoms with Gasteiger partial charge in [0, 0.05) is 6.54 Å². The van der Waals surface area contributed by atoms with Gasteiger partial charge in [0.15, 0.2) is 0 Å². The van der Waals surface area contributed by atoms with E-state index >= 15 is 0 Å². The van der Waals surface area contributed by atoms with E-state index in [9.17, 15) is 0 Å². The Labute approximate surface area is 86.2 Å². The molecule has 0 radical (unpaired) electrons. The van der Waals surface area contributed by atoms with E-state index in [1.165, 1.54) is 38.2 Å². The molecule has 0 saturated heterocycles. The third kappa shape index (κ3) is 8.63. The molecule has 13 heavy (non-hydrogen) atoms. The first kappa shape index (κ1) is 13.3. The maximum absolute atomic E-state index is 2.61. The van der Waals surface area contributed by atoms with Crippen molar-refractivity contribution in [2.24, 2.45) is 0 Å². The second-order valence-corrected chi connectivity index (χ2v) is 9.23. The van der Waals surface area contributed by atoms with Gasteiger partial charge in [-0.1, -0.05) is 13.8 Å². The Morgan fingerprint density at radius 1 is 0.846 bits per heavy atom. The monoisotopic (exact) mass is 205 g/mol. The van der Waals surface area contributed by atoms with Gasteiger partial charge in [-0.3, -0.25) is 0 Å². The summed E-state index contributed by atoms with van der Waals surface area (Å²) in [6, 6.07) is 0. The molecule has 0 amide bonds. The zero-order chi connectivity index (χ0) is 10.3. The van der Waals surface area contributed by atoms with Gasteiger partial charge in [0.25, 0.3) is 0 Å². The molecule has 82 valence electrons. The molecular formula is C11H27NS. The predicted molar refractivity (Wildman–Crippen MR) is 67.3 cm³/mol. The van der Waals surface area contributed by atoms with Crippen LogP contribution in [0.15, 0.2) is 0 Å². The predicted octanol–water partition coefficient (Wildman–Crippen LogP) is 2.80. The maximum atomic E-state index is 2.61. The van der Waals surface area contributed by atoms with Crippen LogP contribution < -0.4 is 0 Å².